The maximum absolute atomic E-state index is 11.8. The number of aromatic nitrogens is 2. The fourth-order valence-electron chi connectivity index (χ4n) is 2.68. The summed E-state index contributed by atoms with van der Waals surface area (Å²) in [6.45, 7) is 0. The van der Waals surface area contributed by atoms with E-state index in [9.17, 15) is 9.59 Å². The van der Waals surface area contributed by atoms with Crippen LogP contribution in [0.4, 0.5) is 5.82 Å². The molecule has 6 nitrogen and oxygen atoms in total. The molecule has 21 heavy (non-hydrogen) atoms. The molecule has 0 fully saturated rings. The standard InChI is InChI=1S/C15H15N3O3/c1-21-15(20)13-12-10(7-9-5-3-2-4-6-9)8-11(19)16-14(12)18-17-13/h2-6,10H,7-8H2,1H3,(H2,16,17,18,19)/t10-/m0/s1. The number of nitrogens with one attached hydrogen (secondary N) is 2. The summed E-state index contributed by atoms with van der Waals surface area (Å²) in [5.41, 5.74) is 2.15. The summed E-state index contributed by atoms with van der Waals surface area (Å²) in [5.74, 6) is -0.235. The topological polar surface area (TPSA) is 84.1 Å². The Morgan fingerprint density at radius 2 is 2.14 bits per heavy atom. The molecule has 2 N–H and O–H groups in total. The minimum atomic E-state index is -0.474. The SMILES string of the molecule is COC(=O)c1[nH]nc2c1[C@@H](Cc1ccccc1)CC(=O)N2. The van der Waals surface area contributed by atoms with Crippen LogP contribution in [0, 0.1) is 0 Å². The highest BCUT2D eigenvalue weighted by Gasteiger charge is 2.33. The predicted molar refractivity (Wildman–Crippen MR) is 76.1 cm³/mol. The number of esters is 1. The number of hydrogen-bond donors (Lipinski definition) is 2. The Morgan fingerprint density at radius 3 is 2.86 bits per heavy atom. The molecule has 2 aromatic rings. The van der Waals surface area contributed by atoms with E-state index in [0.29, 0.717) is 24.4 Å². The number of H-pyrrole nitrogens is 1. The largest absolute Gasteiger partial charge is 0.464 e. The number of fused-ring (bicyclic) bond motifs is 1. The van der Waals surface area contributed by atoms with E-state index in [4.69, 9.17) is 4.74 Å². The second-order valence-corrected chi connectivity index (χ2v) is 4.99. The van der Waals surface area contributed by atoms with Crippen LogP contribution < -0.4 is 5.32 Å². The molecule has 0 saturated heterocycles. The maximum atomic E-state index is 11.8. The van der Waals surface area contributed by atoms with Crippen molar-refractivity contribution < 1.29 is 14.3 Å². The van der Waals surface area contributed by atoms with Crippen LogP contribution in [0.25, 0.3) is 0 Å². The number of methoxy groups -OCH3 is 1. The number of benzene rings is 1. The van der Waals surface area contributed by atoms with Gasteiger partial charge in [0.05, 0.1) is 7.11 Å². The van der Waals surface area contributed by atoms with Crippen LogP contribution >= 0.6 is 0 Å². The third kappa shape index (κ3) is 2.52. The van der Waals surface area contributed by atoms with Crippen LogP contribution in [0.3, 0.4) is 0 Å². The van der Waals surface area contributed by atoms with Crippen molar-refractivity contribution in [2.75, 3.05) is 12.4 Å². The monoisotopic (exact) mass is 285 g/mol. The van der Waals surface area contributed by atoms with Gasteiger partial charge in [-0.25, -0.2) is 4.79 Å². The summed E-state index contributed by atoms with van der Waals surface area (Å²) in [5, 5.41) is 9.36. The molecule has 0 spiro atoms. The molecule has 0 bridgehead atoms. The highest BCUT2D eigenvalue weighted by Crippen LogP contribution is 2.35. The van der Waals surface area contributed by atoms with E-state index >= 15 is 0 Å². The van der Waals surface area contributed by atoms with Crippen molar-refractivity contribution in [3.05, 3.63) is 47.2 Å². The van der Waals surface area contributed by atoms with Crippen LogP contribution in [0.15, 0.2) is 30.3 Å². The van der Waals surface area contributed by atoms with Gasteiger partial charge in [0.25, 0.3) is 0 Å². The van der Waals surface area contributed by atoms with Crippen LogP contribution in [-0.2, 0) is 16.0 Å². The van der Waals surface area contributed by atoms with E-state index < -0.39 is 5.97 Å². The molecule has 1 atom stereocenters. The summed E-state index contributed by atoms with van der Waals surface area (Å²) >= 11 is 0. The number of carbonyl (C=O) groups excluding carboxylic acids is 2. The zero-order valence-electron chi connectivity index (χ0n) is 11.6. The first-order valence-electron chi connectivity index (χ1n) is 6.69. The maximum Gasteiger partial charge on any atom is 0.356 e. The molecule has 3 rings (SSSR count). The van der Waals surface area contributed by atoms with Gasteiger partial charge in [-0.3, -0.25) is 9.89 Å². The van der Waals surface area contributed by atoms with Crippen molar-refractivity contribution in [1.29, 1.82) is 0 Å². The van der Waals surface area contributed by atoms with E-state index in [1.165, 1.54) is 7.11 Å². The molecule has 6 heteroatoms. The molecular weight excluding hydrogens is 270 g/mol. The summed E-state index contributed by atoms with van der Waals surface area (Å²) in [6.07, 6.45) is 0.996. The predicted octanol–water partition coefficient (Wildman–Crippen LogP) is 1.86. The van der Waals surface area contributed by atoms with Crippen molar-refractivity contribution in [2.45, 2.75) is 18.8 Å². The second kappa shape index (κ2) is 5.40. The van der Waals surface area contributed by atoms with E-state index in [0.717, 1.165) is 11.1 Å². The Bertz CT molecular complexity index is 679. The molecule has 1 aliphatic rings. The molecule has 1 amide bonds. The highest BCUT2D eigenvalue weighted by molar-refractivity contribution is 5.98. The van der Waals surface area contributed by atoms with Crippen molar-refractivity contribution in [3.8, 4) is 0 Å². The van der Waals surface area contributed by atoms with Gasteiger partial charge in [-0.15, -0.1) is 0 Å². The van der Waals surface area contributed by atoms with Crippen LogP contribution in [0.5, 0.6) is 0 Å². The molecule has 1 aromatic carbocycles. The lowest BCUT2D eigenvalue weighted by molar-refractivity contribution is -0.116. The van der Waals surface area contributed by atoms with Gasteiger partial charge in [0.15, 0.2) is 5.82 Å². The second-order valence-electron chi connectivity index (χ2n) is 4.99. The fraction of sp³-hybridized carbons (Fsp3) is 0.267. The number of hydrogen-bond acceptors (Lipinski definition) is 4. The Hall–Kier alpha value is -2.63. The lowest BCUT2D eigenvalue weighted by Crippen LogP contribution is -2.25. The Labute approximate surface area is 121 Å². The lowest BCUT2D eigenvalue weighted by Gasteiger charge is -2.22. The normalized spacial score (nSPS) is 17.0. The number of amides is 1. The summed E-state index contributed by atoms with van der Waals surface area (Å²) in [4.78, 5) is 23.6. The van der Waals surface area contributed by atoms with Crippen LogP contribution in [0.2, 0.25) is 0 Å². The van der Waals surface area contributed by atoms with E-state index in [2.05, 4.69) is 15.5 Å². The van der Waals surface area contributed by atoms with Crippen LogP contribution in [-0.4, -0.2) is 29.2 Å². The molecule has 0 unspecified atom stereocenters. The average Bonchev–Trinajstić information content (AvgIpc) is 2.91. The third-order valence-corrected chi connectivity index (χ3v) is 3.62. The quantitative estimate of drug-likeness (QED) is 0.843. The number of nitrogens with zero attached hydrogens (tertiary/aromatic N) is 1. The van der Waals surface area contributed by atoms with Crippen molar-refractivity contribution in [1.82, 2.24) is 10.2 Å². The molecule has 1 aromatic heterocycles. The Morgan fingerprint density at radius 1 is 1.38 bits per heavy atom. The minimum Gasteiger partial charge on any atom is -0.464 e. The molecule has 108 valence electrons. The Kier molecular flexibility index (Phi) is 3.43. The molecule has 1 aliphatic heterocycles. The molecule has 0 aliphatic carbocycles. The first-order valence-corrected chi connectivity index (χ1v) is 6.69. The van der Waals surface area contributed by atoms with Gasteiger partial charge in [-0.2, -0.15) is 5.10 Å². The first-order chi connectivity index (χ1) is 10.2. The van der Waals surface area contributed by atoms with Crippen molar-refractivity contribution in [2.24, 2.45) is 0 Å². The first kappa shape index (κ1) is 13.4. The van der Waals surface area contributed by atoms with Gasteiger partial charge in [-0.05, 0) is 12.0 Å². The lowest BCUT2D eigenvalue weighted by atomic mass is 9.86. The number of ether oxygens (including phenoxy) is 1. The highest BCUT2D eigenvalue weighted by atomic mass is 16.5. The molecular formula is C15H15N3O3. The number of aromatic amines is 1. The molecule has 0 saturated carbocycles. The smallest absolute Gasteiger partial charge is 0.356 e. The van der Waals surface area contributed by atoms with E-state index in [1.807, 2.05) is 30.3 Å². The van der Waals surface area contributed by atoms with Crippen LogP contribution in [0.1, 0.15) is 34.0 Å². The van der Waals surface area contributed by atoms with E-state index in [-0.39, 0.29) is 11.8 Å². The van der Waals surface area contributed by atoms with Crippen molar-refractivity contribution >= 4 is 17.7 Å². The third-order valence-electron chi connectivity index (χ3n) is 3.62. The zero-order valence-corrected chi connectivity index (χ0v) is 11.6. The van der Waals surface area contributed by atoms with E-state index in [1.54, 1.807) is 0 Å². The van der Waals surface area contributed by atoms with Gasteiger partial charge in [0, 0.05) is 17.9 Å². The number of anilines is 1. The summed E-state index contributed by atoms with van der Waals surface area (Å²) in [7, 11) is 1.32. The molecule has 0 radical (unpaired) electrons. The fourth-order valence-corrected chi connectivity index (χ4v) is 2.68. The van der Waals surface area contributed by atoms with Gasteiger partial charge in [-0.1, -0.05) is 30.3 Å². The average molecular weight is 285 g/mol. The van der Waals surface area contributed by atoms with Gasteiger partial charge in [0.2, 0.25) is 5.91 Å². The summed E-state index contributed by atoms with van der Waals surface area (Å²) in [6, 6.07) is 9.86. The van der Waals surface area contributed by atoms with Crippen molar-refractivity contribution in [3.63, 3.8) is 0 Å². The number of rotatable bonds is 3. The van der Waals surface area contributed by atoms with Gasteiger partial charge < -0.3 is 10.1 Å². The minimum absolute atomic E-state index is 0.0913. The number of carbonyl (C=O) groups is 2. The molecule has 2 heterocycles. The Balaban J connectivity index is 1.97. The zero-order chi connectivity index (χ0) is 14.8. The van der Waals surface area contributed by atoms with Gasteiger partial charge >= 0.3 is 5.97 Å². The van der Waals surface area contributed by atoms with Gasteiger partial charge in [0.1, 0.15) is 5.69 Å². The summed E-state index contributed by atoms with van der Waals surface area (Å²) < 4.78 is 4.76.